The molecule has 0 bridgehead atoms. The maximum Gasteiger partial charge on any atom is 0.0494 e. The number of hydrogen-bond donors (Lipinski definition) is 0. The van der Waals surface area contributed by atoms with Crippen molar-refractivity contribution in [3.63, 3.8) is 0 Å². The molecule has 98 valence electrons. The number of hydrogen-bond acceptors (Lipinski definition) is 2. The van der Waals surface area contributed by atoms with E-state index in [1.54, 1.807) is 0 Å². The maximum absolute atomic E-state index is 6.07. The fourth-order valence-electron chi connectivity index (χ4n) is 3.36. The van der Waals surface area contributed by atoms with Crippen molar-refractivity contribution in [2.75, 3.05) is 31.1 Å². The maximum atomic E-state index is 6.07. The molecule has 1 aromatic rings. The molecule has 0 amide bonds. The van der Waals surface area contributed by atoms with Gasteiger partial charge in [0.2, 0.25) is 0 Å². The van der Waals surface area contributed by atoms with Gasteiger partial charge in [-0.05, 0) is 37.4 Å². The van der Waals surface area contributed by atoms with Gasteiger partial charge in [0.25, 0.3) is 0 Å². The van der Waals surface area contributed by atoms with Gasteiger partial charge < -0.3 is 4.90 Å². The van der Waals surface area contributed by atoms with Gasteiger partial charge in [0.15, 0.2) is 0 Å². The molecular formula is C15H21ClN2. The highest BCUT2D eigenvalue weighted by molar-refractivity contribution is 6.17. The first-order chi connectivity index (χ1) is 8.88. The quantitative estimate of drug-likeness (QED) is 0.758. The fraction of sp³-hybridized carbons (Fsp3) is 0.600. The average molecular weight is 265 g/mol. The van der Waals surface area contributed by atoms with Crippen LogP contribution in [0.15, 0.2) is 24.3 Å². The van der Waals surface area contributed by atoms with Crippen molar-refractivity contribution in [1.29, 1.82) is 0 Å². The molecule has 2 nitrogen and oxygen atoms in total. The summed E-state index contributed by atoms with van der Waals surface area (Å²) in [5, 5.41) is 0. The monoisotopic (exact) mass is 264 g/mol. The van der Waals surface area contributed by atoms with Crippen LogP contribution in [0.3, 0.4) is 0 Å². The van der Waals surface area contributed by atoms with Crippen LogP contribution in [0.1, 0.15) is 24.8 Å². The zero-order chi connectivity index (χ0) is 12.4. The summed E-state index contributed by atoms with van der Waals surface area (Å²) < 4.78 is 0. The molecule has 1 unspecified atom stereocenters. The SMILES string of the molecule is ClCc1ccccc1N1CCCN2CCCC2C1. The van der Waals surface area contributed by atoms with Gasteiger partial charge in [-0.2, -0.15) is 0 Å². The number of halogens is 1. The van der Waals surface area contributed by atoms with Gasteiger partial charge in [-0.3, -0.25) is 4.90 Å². The highest BCUT2D eigenvalue weighted by Crippen LogP contribution is 2.27. The van der Waals surface area contributed by atoms with E-state index in [0.29, 0.717) is 5.88 Å². The Bertz CT molecular complexity index is 407. The molecule has 0 aliphatic carbocycles. The summed E-state index contributed by atoms with van der Waals surface area (Å²) in [6, 6.07) is 9.35. The smallest absolute Gasteiger partial charge is 0.0494 e. The zero-order valence-electron chi connectivity index (χ0n) is 10.8. The van der Waals surface area contributed by atoms with Crippen LogP contribution in [0.2, 0.25) is 0 Å². The molecular weight excluding hydrogens is 244 g/mol. The molecule has 0 N–H and O–H groups in total. The van der Waals surface area contributed by atoms with E-state index in [2.05, 4.69) is 34.1 Å². The molecule has 0 radical (unpaired) electrons. The topological polar surface area (TPSA) is 6.48 Å². The van der Waals surface area contributed by atoms with Gasteiger partial charge in [0.05, 0.1) is 0 Å². The molecule has 3 heteroatoms. The minimum atomic E-state index is 0.612. The summed E-state index contributed by atoms with van der Waals surface area (Å²) in [5.41, 5.74) is 2.62. The Morgan fingerprint density at radius 2 is 1.94 bits per heavy atom. The molecule has 2 heterocycles. The van der Waals surface area contributed by atoms with Crippen LogP contribution in [0.25, 0.3) is 0 Å². The molecule has 2 fully saturated rings. The Labute approximate surface area is 115 Å². The first-order valence-corrected chi connectivity index (χ1v) is 7.55. The Morgan fingerprint density at radius 3 is 2.83 bits per heavy atom. The first-order valence-electron chi connectivity index (χ1n) is 7.01. The van der Waals surface area contributed by atoms with E-state index in [1.165, 1.54) is 56.7 Å². The molecule has 2 saturated heterocycles. The standard InChI is InChI=1S/C15H21ClN2/c16-11-13-5-1-2-7-15(13)18-10-4-9-17-8-3-6-14(17)12-18/h1-2,5,7,14H,3-4,6,8-12H2. The van der Waals surface area contributed by atoms with Crippen LogP contribution in [-0.4, -0.2) is 37.1 Å². The van der Waals surface area contributed by atoms with E-state index in [9.17, 15) is 0 Å². The lowest BCUT2D eigenvalue weighted by Crippen LogP contribution is -2.36. The third-order valence-electron chi connectivity index (χ3n) is 4.28. The highest BCUT2D eigenvalue weighted by atomic mass is 35.5. The number of rotatable bonds is 2. The average Bonchev–Trinajstić information content (AvgIpc) is 2.76. The Morgan fingerprint density at radius 1 is 1.11 bits per heavy atom. The summed E-state index contributed by atoms with van der Waals surface area (Å²) in [4.78, 5) is 5.22. The third kappa shape index (κ3) is 2.36. The third-order valence-corrected chi connectivity index (χ3v) is 4.57. The lowest BCUT2D eigenvalue weighted by atomic mass is 10.1. The number of para-hydroxylation sites is 1. The van der Waals surface area contributed by atoms with Crippen LogP contribution in [0.4, 0.5) is 5.69 Å². The summed E-state index contributed by atoms with van der Waals surface area (Å²) in [6.07, 6.45) is 4.00. The Hall–Kier alpha value is -0.730. The summed E-state index contributed by atoms with van der Waals surface area (Å²) in [6.45, 7) is 4.91. The summed E-state index contributed by atoms with van der Waals surface area (Å²) in [7, 11) is 0. The van der Waals surface area contributed by atoms with Crippen LogP contribution in [-0.2, 0) is 5.88 Å². The molecule has 3 rings (SSSR count). The van der Waals surface area contributed by atoms with Crippen LogP contribution >= 0.6 is 11.6 Å². The van der Waals surface area contributed by atoms with E-state index < -0.39 is 0 Å². The molecule has 0 spiro atoms. The van der Waals surface area contributed by atoms with E-state index in [-0.39, 0.29) is 0 Å². The van der Waals surface area contributed by atoms with E-state index in [1.807, 2.05) is 0 Å². The van der Waals surface area contributed by atoms with Crippen molar-refractivity contribution in [3.8, 4) is 0 Å². The van der Waals surface area contributed by atoms with Crippen LogP contribution in [0.5, 0.6) is 0 Å². The van der Waals surface area contributed by atoms with Crippen molar-refractivity contribution < 1.29 is 0 Å². The Kier molecular flexibility index (Phi) is 3.76. The van der Waals surface area contributed by atoms with E-state index >= 15 is 0 Å². The molecule has 2 aliphatic heterocycles. The second-order valence-electron chi connectivity index (χ2n) is 5.39. The van der Waals surface area contributed by atoms with Crippen molar-refractivity contribution in [2.45, 2.75) is 31.2 Å². The lowest BCUT2D eigenvalue weighted by Gasteiger charge is -2.28. The van der Waals surface area contributed by atoms with Gasteiger partial charge in [0.1, 0.15) is 0 Å². The van der Waals surface area contributed by atoms with Crippen molar-refractivity contribution in [3.05, 3.63) is 29.8 Å². The largest absolute Gasteiger partial charge is 0.370 e. The van der Waals surface area contributed by atoms with Crippen LogP contribution in [0, 0.1) is 0 Å². The lowest BCUT2D eigenvalue weighted by molar-refractivity contribution is 0.273. The van der Waals surface area contributed by atoms with Gasteiger partial charge >= 0.3 is 0 Å². The first kappa shape index (κ1) is 12.3. The number of anilines is 1. The van der Waals surface area contributed by atoms with Crippen molar-refractivity contribution in [1.82, 2.24) is 4.90 Å². The molecule has 18 heavy (non-hydrogen) atoms. The summed E-state index contributed by atoms with van der Waals surface area (Å²) >= 11 is 6.07. The van der Waals surface area contributed by atoms with Crippen LogP contribution < -0.4 is 4.90 Å². The molecule has 2 aliphatic rings. The van der Waals surface area contributed by atoms with Crippen molar-refractivity contribution in [2.24, 2.45) is 0 Å². The highest BCUT2D eigenvalue weighted by Gasteiger charge is 2.29. The normalized spacial score (nSPS) is 24.9. The number of benzene rings is 1. The predicted molar refractivity (Wildman–Crippen MR) is 77.4 cm³/mol. The minimum Gasteiger partial charge on any atom is -0.370 e. The van der Waals surface area contributed by atoms with E-state index in [0.717, 1.165) is 6.04 Å². The Balaban J connectivity index is 1.82. The fourth-order valence-corrected chi connectivity index (χ4v) is 3.58. The second-order valence-corrected chi connectivity index (χ2v) is 5.66. The predicted octanol–water partition coefficient (Wildman–Crippen LogP) is 3.10. The molecule has 0 saturated carbocycles. The second kappa shape index (κ2) is 5.50. The number of alkyl halides is 1. The molecule has 1 atom stereocenters. The van der Waals surface area contributed by atoms with E-state index in [4.69, 9.17) is 11.6 Å². The zero-order valence-corrected chi connectivity index (χ0v) is 11.6. The molecule has 1 aromatic carbocycles. The van der Waals surface area contributed by atoms with Crippen molar-refractivity contribution >= 4 is 17.3 Å². The minimum absolute atomic E-state index is 0.612. The molecule has 0 aromatic heterocycles. The van der Waals surface area contributed by atoms with Gasteiger partial charge in [0, 0.05) is 37.2 Å². The van der Waals surface area contributed by atoms with Gasteiger partial charge in [-0.25, -0.2) is 0 Å². The number of fused-ring (bicyclic) bond motifs is 1. The van der Waals surface area contributed by atoms with Gasteiger partial charge in [-0.1, -0.05) is 18.2 Å². The number of nitrogens with zero attached hydrogens (tertiary/aromatic N) is 2. The van der Waals surface area contributed by atoms with Gasteiger partial charge in [-0.15, -0.1) is 11.6 Å². The summed E-state index contributed by atoms with van der Waals surface area (Å²) in [5.74, 6) is 0.612.